The van der Waals surface area contributed by atoms with Crippen molar-refractivity contribution in [1.29, 1.82) is 0 Å². The van der Waals surface area contributed by atoms with Gasteiger partial charge in [-0.2, -0.15) is 0 Å². The Labute approximate surface area is 223 Å². The Hall–Kier alpha value is -0.0800. The molecule has 7 fully saturated rings. The maximum absolute atomic E-state index is 4.58. The van der Waals surface area contributed by atoms with Crippen LogP contribution in [0.4, 0.5) is 0 Å². The van der Waals surface area contributed by atoms with E-state index in [2.05, 4.69) is 10.6 Å². The maximum atomic E-state index is 4.58. The molecule has 0 aliphatic heterocycles. The number of rotatable bonds is 4. The number of nitrogens with one attached hydrogen (secondary N) is 2. The predicted molar refractivity (Wildman–Crippen MR) is 151 cm³/mol. The lowest BCUT2D eigenvalue weighted by atomic mass is 9.57. The van der Waals surface area contributed by atoms with Crippen LogP contribution >= 0.6 is 0 Å². The summed E-state index contributed by atoms with van der Waals surface area (Å²) in [5.74, 6) is 8.21. The van der Waals surface area contributed by atoms with Gasteiger partial charge in [0.25, 0.3) is 0 Å². The van der Waals surface area contributed by atoms with Gasteiger partial charge in [-0.1, -0.05) is 89.9 Å². The molecule has 0 spiro atoms. The van der Waals surface area contributed by atoms with Crippen molar-refractivity contribution in [2.75, 3.05) is 0 Å². The molecule has 0 aromatic heterocycles. The fourth-order valence-corrected chi connectivity index (χ4v) is 11.9. The highest BCUT2D eigenvalue weighted by Crippen LogP contribution is 2.52. The zero-order valence-corrected chi connectivity index (χ0v) is 23.5. The van der Waals surface area contributed by atoms with Crippen molar-refractivity contribution >= 4 is 0 Å². The molecule has 7 saturated carbocycles. The van der Waals surface area contributed by atoms with E-state index in [0.717, 1.165) is 71.5 Å². The van der Waals surface area contributed by atoms with Crippen LogP contribution in [0.1, 0.15) is 141 Å². The highest BCUT2D eigenvalue weighted by atomic mass is 15.1. The van der Waals surface area contributed by atoms with Gasteiger partial charge in [0, 0.05) is 24.2 Å². The summed E-state index contributed by atoms with van der Waals surface area (Å²) in [6.07, 6.45) is 33.5. The largest absolute Gasteiger partial charge is 0.309 e. The van der Waals surface area contributed by atoms with Crippen molar-refractivity contribution in [3.63, 3.8) is 0 Å². The van der Waals surface area contributed by atoms with Crippen molar-refractivity contribution in [3.05, 3.63) is 0 Å². The van der Waals surface area contributed by atoms with Crippen LogP contribution in [0.5, 0.6) is 0 Å². The zero-order valence-electron chi connectivity index (χ0n) is 23.5. The Kier molecular flexibility index (Phi) is 7.75. The second kappa shape index (κ2) is 11.2. The molecule has 0 aromatic carbocycles. The molecule has 7 rings (SSSR count). The third kappa shape index (κ3) is 4.87. The van der Waals surface area contributed by atoms with Gasteiger partial charge < -0.3 is 10.6 Å². The molecule has 2 nitrogen and oxygen atoms in total. The lowest BCUT2D eigenvalue weighted by Gasteiger charge is -2.55. The van der Waals surface area contributed by atoms with Crippen LogP contribution in [-0.2, 0) is 0 Å². The topological polar surface area (TPSA) is 24.1 Å². The van der Waals surface area contributed by atoms with Crippen LogP contribution in [0, 0.1) is 47.3 Å². The minimum Gasteiger partial charge on any atom is -0.309 e. The van der Waals surface area contributed by atoms with Gasteiger partial charge in [0.05, 0.1) is 0 Å². The van der Waals surface area contributed by atoms with E-state index in [9.17, 15) is 0 Å². The molecule has 10 atom stereocenters. The lowest BCUT2D eigenvalue weighted by molar-refractivity contribution is -0.00837. The molecule has 7 aliphatic carbocycles. The van der Waals surface area contributed by atoms with E-state index in [4.69, 9.17) is 0 Å². The minimum absolute atomic E-state index is 0.748. The molecular formula is C34H58N2. The molecule has 0 amide bonds. The summed E-state index contributed by atoms with van der Waals surface area (Å²) >= 11 is 0. The highest BCUT2D eigenvalue weighted by molar-refractivity contribution is 5.04. The van der Waals surface area contributed by atoms with E-state index in [1.807, 2.05) is 0 Å². The Morgan fingerprint density at radius 1 is 0.306 bits per heavy atom. The van der Waals surface area contributed by atoms with Crippen LogP contribution in [0.3, 0.4) is 0 Å². The second-order valence-corrected chi connectivity index (χ2v) is 15.2. The fraction of sp³-hybridized carbons (Fsp3) is 1.00. The van der Waals surface area contributed by atoms with Crippen LogP contribution in [0.25, 0.3) is 0 Å². The minimum atomic E-state index is 0.748. The summed E-state index contributed by atoms with van der Waals surface area (Å²) in [5, 5.41) is 9.15. The van der Waals surface area contributed by atoms with Crippen molar-refractivity contribution in [2.45, 2.75) is 165 Å². The van der Waals surface area contributed by atoms with E-state index in [-0.39, 0.29) is 0 Å². The van der Waals surface area contributed by atoms with Crippen LogP contribution in [-0.4, -0.2) is 24.2 Å². The lowest BCUT2D eigenvalue weighted by Crippen LogP contribution is -2.63. The van der Waals surface area contributed by atoms with Gasteiger partial charge >= 0.3 is 0 Å². The maximum Gasteiger partial charge on any atom is 0.0224 e. The average Bonchev–Trinajstić information content (AvgIpc) is 2.93. The monoisotopic (exact) mass is 494 g/mol. The van der Waals surface area contributed by atoms with Crippen molar-refractivity contribution in [2.24, 2.45) is 47.3 Å². The smallest absolute Gasteiger partial charge is 0.0224 e. The predicted octanol–water partition coefficient (Wildman–Crippen LogP) is 8.25. The molecule has 0 radical (unpaired) electrons. The standard InChI is InChI=1S/C34H58N2/c1-5-15-27-23(11-1)21-24-12-2-6-16-28(24)33(27)35-31-19-9-10-20-32(31)36-34-29-17-7-3-13-25(29)22-26-14-4-8-18-30(26)34/h23-36H,1-22H2. The van der Waals surface area contributed by atoms with E-state index in [1.54, 1.807) is 38.5 Å². The van der Waals surface area contributed by atoms with Gasteiger partial charge in [-0.05, 0) is 98.7 Å². The first kappa shape index (κ1) is 24.9. The van der Waals surface area contributed by atoms with Gasteiger partial charge in [-0.15, -0.1) is 0 Å². The van der Waals surface area contributed by atoms with Gasteiger partial charge in [0.2, 0.25) is 0 Å². The molecule has 0 heterocycles. The Bertz CT molecular complexity index is 616. The Balaban J connectivity index is 1.10. The number of hydrogen-bond donors (Lipinski definition) is 2. The molecule has 10 unspecified atom stereocenters. The molecular weight excluding hydrogens is 436 g/mol. The third-order valence-corrected chi connectivity index (χ3v) is 13.5. The van der Waals surface area contributed by atoms with Crippen molar-refractivity contribution in [1.82, 2.24) is 10.6 Å². The molecule has 0 saturated heterocycles. The Morgan fingerprint density at radius 3 is 0.917 bits per heavy atom. The first-order valence-corrected chi connectivity index (χ1v) is 17.4. The first-order valence-electron chi connectivity index (χ1n) is 17.4. The molecule has 36 heavy (non-hydrogen) atoms. The number of hydrogen-bond acceptors (Lipinski definition) is 2. The summed E-state index contributed by atoms with van der Waals surface area (Å²) in [5.41, 5.74) is 0. The molecule has 0 aromatic rings. The molecule has 2 heteroatoms. The van der Waals surface area contributed by atoms with Crippen LogP contribution in [0.15, 0.2) is 0 Å². The second-order valence-electron chi connectivity index (χ2n) is 15.2. The van der Waals surface area contributed by atoms with Crippen molar-refractivity contribution < 1.29 is 0 Å². The molecule has 0 bridgehead atoms. The zero-order chi connectivity index (χ0) is 23.9. The van der Waals surface area contributed by atoms with Crippen molar-refractivity contribution in [3.8, 4) is 0 Å². The quantitative estimate of drug-likeness (QED) is 0.411. The first-order chi connectivity index (χ1) is 17.8. The van der Waals surface area contributed by atoms with Gasteiger partial charge in [0.1, 0.15) is 0 Å². The Morgan fingerprint density at radius 2 is 0.583 bits per heavy atom. The summed E-state index contributed by atoms with van der Waals surface area (Å²) in [6.45, 7) is 0. The van der Waals surface area contributed by atoms with Crippen LogP contribution in [0.2, 0.25) is 0 Å². The van der Waals surface area contributed by atoms with Gasteiger partial charge in [-0.3, -0.25) is 0 Å². The summed E-state index contributed by atoms with van der Waals surface area (Å²) < 4.78 is 0. The van der Waals surface area contributed by atoms with E-state index in [1.165, 1.54) is 103 Å². The molecule has 2 N–H and O–H groups in total. The summed E-state index contributed by atoms with van der Waals surface area (Å²) in [7, 11) is 0. The number of fused-ring (bicyclic) bond motifs is 4. The normalized spacial score (nSPS) is 51.3. The summed E-state index contributed by atoms with van der Waals surface area (Å²) in [4.78, 5) is 0. The van der Waals surface area contributed by atoms with E-state index < -0.39 is 0 Å². The van der Waals surface area contributed by atoms with E-state index >= 15 is 0 Å². The van der Waals surface area contributed by atoms with Crippen LogP contribution < -0.4 is 10.6 Å². The van der Waals surface area contributed by atoms with E-state index in [0.29, 0.717) is 0 Å². The molecule has 204 valence electrons. The SMILES string of the molecule is C1CCC2C(C1)CC1CCCCC1C2NC1CCCCC1NC1C2CCCCC2CC2CCCCC21. The highest BCUT2D eigenvalue weighted by Gasteiger charge is 2.49. The van der Waals surface area contributed by atoms with Gasteiger partial charge in [0.15, 0.2) is 0 Å². The summed E-state index contributed by atoms with van der Waals surface area (Å²) in [6, 6.07) is 3.19. The van der Waals surface area contributed by atoms with Gasteiger partial charge in [-0.25, -0.2) is 0 Å². The molecule has 7 aliphatic rings. The third-order valence-electron chi connectivity index (χ3n) is 13.5. The average molecular weight is 495 g/mol. The fourth-order valence-electron chi connectivity index (χ4n) is 11.9.